The molecule has 1 fully saturated rings. The molecule has 3 rings (SSSR count). The van der Waals surface area contributed by atoms with Crippen molar-refractivity contribution < 1.29 is 23.9 Å². The normalized spacial score (nSPS) is 17.9. The minimum Gasteiger partial charge on any atom is -0.438 e. The summed E-state index contributed by atoms with van der Waals surface area (Å²) >= 11 is 0. The summed E-state index contributed by atoms with van der Waals surface area (Å²) in [5, 5.41) is 5.60. The Labute approximate surface area is 181 Å². The number of nitrogens with one attached hydrogen (secondary N) is 2. The average molecular weight is 425 g/mol. The Balaban J connectivity index is 1.88. The molecule has 1 aliphatic heterocycles. The predicted octanol–water partition coefficient (Wildman–Crippen LogP) is 2.86. The van der Waals surface area contributed by atoms with Crippen LogP contribution in [0.1, 0.15) is 30.6 Å². The monoisotopic (exact) mass is 425 g/mol. The summed E-state index contributed by atoms with van der Waals surface area (Å²) in [4.78, 5) is 39.0. The van der Waals surface area contributed by atoms with Crippen LogP contribution < -0.4 is 10.6 Å². The molecule has 0 unspecified atom stereocenters. The van der Waals surface area contributed by atoms with Crippen LogP contribution in [0.25, 0.3) is 0 Å². The second-order valence-electron chi connectivity index (χ2n) is 7.17. The number of anilines is 1. The fraction of sp³-hybridized carbons (Fsp3) is 0.348. The highest BCUT2D eigenvalue weighted by Crippen LogP contribution is 2.35. The van der Waals surface area contributed by atoms with Crippen LogP contribution in [-0.4, -0.2) is 49.1 Å². The predicted molar refractivity (Wildman–Crippen MR) is 115 cm³/mol. The van der Waals surface area contributed by atoms with Gasteiger partial charge in [0.15, 0.2) is 12.1 Å². The number of hydrogen-bond donors (Lipinski definition) is 2. The lowest BCUT2D eigenvalue weighted by Gasteiger charge is -2.24. The highest BCUT2D eigenvalue weighted by molar-refractivity contribution is 5.91. The topological polar surface area (TPSA) is 97.0 Å². The van der Waals surface area contributed by atoms with Gasteiger partial charge in [-0.1, -0.05) is 49.4 Å². The Kier molecular flexibility index (Phi) is 7.61. The van der Waals surface area contributed by atoms with Gasteiger partial charge in [-0.2, -0.15) is 0 Å². The van der Waals surface area contributed by atoms with Gasteiger partial charge in [0.2, 0.25) is 11.8 Å². The van der Waals surface area contributed by atoms with Crippen molar-refractivity contribution in [2.24, 2.45) is 0 Å². The Morgan fingerprint density at radius 1 is 1.13 bits per heavy atom. The third kappa shape index (κ3) is 5.61. The number of ether oxygens (including phenoxy) is 2. The maximum atomic E-state index is 13.0. The minimum absolute atomic E-state index is 0.125. The van der Waals surface area contributed by atoms with Crippen molar-refractivity contribution in [3.05, 3.63) is 65.7 Å². The molecule has 0 aromatic heterocycles. The molecule has 1 aliphatic rings. The molecule has 0 bridgehead atoms. The van der Waals surface area contributed by atoms with Gasteiger partial charge in [0, 0.05) is 25.8 Å². The number of hydrogen-bond acceptors (Lipinski definition) is 5. The number of cyclic esters (lactones) is 1. The number of methoxy groups -OCH3 is 1. The standard InChI is InChI=1S/C23H27N3O5/c1-3-19(27)25-18-11-7-10-17(14-18)21-20(22(28)24-12-13-30-2)26(23(29)31-21)15-16-8-5-4-6-9-16/h4-11,14,20-21H,3,12-13,15H2,1-2H3,(H,24,28)(H,25,27)/t20-,21-/m1/s1. The van der Waals surface area contributed by atoms with Crippen molar-refractivity contribution in [1.29, 1.82) is 0 Å². The van der Waals surface area contributed by atoms with Gasteiger partial charge in [-0.3, -0.25) is 14.5 Å². The van der Waals surface area contributed by atoms with E-state index in [1.807, 2.05) is 30.3 Å². The van der Waals surface area contributed by atoms with Crippen molar-refractivity contribution in [2.45, 2.75) is 32.0 Å². The molecule has 1 saturated heterocycles. The highest BCUT2D eigenvalue weighted by atomic mass is 16.6. The Morgan fingerprint density at radius 3 is 2.61 bits per heavy atom. The molecule has 2 aromatic carbocycles. The number of rotatable bonds is 9. The van der Waals surface area contributed by atoms with Gasteiger partial charge in [0.1, 0.15) is 0 Å². The largest absolute Gasteiger partial charge is 0.438 e. The number of benzene rings is 2. The second-order valence-corrected chi connectivity index (χ2v) is 7.17. The van der Waals surface area contributed by atoms with Gasteiger partial charge in [-0.25, -0.2) is 4.79 Å². The smallest absolute Gasteiger partial charge is 0.411 e. The van der Waals surface area contributed by atoms with E-state index in [0.29, 0.717) is 30.8 Å². The quantitative estimate of drug-likeness (QED) is 0.602. The summed E-state index contributed by atoms with van der Waals surface area (Å²) in [6, 6.07) is 15.6. The lowest BCUT2D eigenvalue weighted by molar-refractivity contribution is -0.126. The van der Waals surface area contributed by atoms with E-state index < -0.39 is 18.2 Å². The molecule has 2 N–H and O–H groups in total. The molecule has 0 radical (unpaired) electrons. The summed E-state index contributed by atoms with van der Waals surface area (Å²) in [5.41, 5.74) is 2.10. The fourth-order valence-corrected chi connectivity index (χ4v) is 3.41. The molecule has 31 heavy (non-hydrogen) atoms. The van der Waals surface area contributed by atoms with Gasteiger partial charge in [-0.05, 0) is 23.3 Å². The van der Waals surface area contributed by atoms with Crippen LogP contribution in [0.15, 0.2) is 54.6 Å². The van der Waals surface area contributed by atoms with Crippen molar-refractivity contribution >= 4 is 23.6 Å². The van der Waals surface area contributed by atoms with E-state index in [2.05, 4.69) is 10.6 Å². The van der Waals surface area contributed by atoms with Gasteiger partial charge < -0.3 is 20.1 Å². The zero-order valence-electron chi connectivity index (χ0n) is 17.7. The van der Waals surface area contributed by atoms with Crippen LogP contribution in [0.4, 0.5) is 10.5 Å². The maximum absolute atomic E-state index is 13.0. The second kappa shape index (κ2) is 10.6. The third-order valence-corrected chi connectivity index (χ3v) is 4.97. The van der Waals surface area contributed by atoms with Gasteiger partial charge >= 0.3 is 6.09 Å². The number of carbonyl (C=O) groups is 3. The van der Waals surface area contributed by atoms with Gasteiger partial charge in [0.25, 0.3) is 0 Å². The van der Waals surface area contributed by atoms with Crippen LogP contribution in [0, 0.1) is 0 Å². The van der Waals surface area contributed by atoms with Crippen molar-refractivity contribution in [3.8, 4) is 0 Å². The van der Waals surface area contributed by atoms with E-state index in [-0.39, 0.29) is 18.4 Å². The molecular weight excluding hydrogens is 398 g/mol. The molecule has 0 aliphatic carbocycles. The zero-order chi connectivity index (χ0) is 22.2. The third-order valence-electron chi connectivity index (χ3n) is 4.97. The molecule has 0 saturated carbocycles. The summed E-state index contributed by atoms with van der Waals surface area (Å²) < 4.78 is 10.6. The molecule has 0 spiro atoms. The van der Waals surface area contributed by atoms with Crippen LogP contribution in [-0.2, 0) is 25.6 Å². The average Bonchev–Trinajstić information content (AvgIpc) is 3.10. The van der Waals surface area contributed by atoms with Gasteiger partial charge in [0.05, 0.1) is 13.2 Å². The van der Waals surface area contributed by atoms with Crippen molar-refractivity contribution in [3.63, 3.8) is 0 Å². The molecule has 8 nitrogen and oxygen atoms in total. The van der Waals surface area contributed by atoms with E-state index >= 15 is 0 Å². The van der Waals surface area contributed by atoms with Gasteiger partial charge in [-0.15, -0.1) is 0 Å². The van der Waals surface area contributed by atoms with E-state index in [1.165, 1.54) is 4.90 Å². The molecular formula is C23H27N3O5. The molecule has 164 valence electrons. The number of amides is 3. The molecule has 8 heteroatoms. The van der Waals surface area contributed by atoms with Crippen LogP contribution >= 0.6 is 0 Å². The van der Waals surface area contributed by atoms with Crippen LogP contribution in [0.2, 0.25) is 0 Å². The van der Waals surface area contributed by atoms with E-state index in [9.17, 15) is 14.4 Å². The van der Waals surface area contributed by atoms with Crippen molar-refractivity contribution in [2.75, 3.05) is 25.6 Å². The SMILES string of the molecule is CCC(=O)Nc1cccc([C@H]2OC(=O)N(Cc3ccccc3)[C@H]2C(=O)NCCOC)c1. The fourth-order valence-electron chi connectivity index (χ4n) is 3.41. The summed E-state index contributed by atoms with van der Waals surface area (Å²) in [7, 11) is 1.55. The lowest BCUT2D eigenvalue weighted by Crippen LogP contribution is -2.47. The first-order chi connectivity index (χ1) is 15.0. The first-order valence-electron chi connectivity index (χ1n) is 10.2. The number of carbonyl (C=O) groups excluding carboxylic acids is 3. The summed E-state index contributed by atoms with van der Waals surface area (Å²) in [6.45, 7) is 2.68. The summed E-state index contributed by atoms with van der Waals surface area (Å²) in [5.74, 6) is -0.452. The summed E-state index contributed by atoms with van der Waals surface area (Å²) in [6.07, 6.45) is -1.03. The maximum Gasteiger partial charge on any atom is 0.411 e. The van der Waals surface area contributed by atoms with E-state index in [1.54, 1.807) is 38.3 Å². The minimum atomic E-state index is -0.860. The highest BCUT2D eigenvalue weighted by Gasteiger charge is 2.46. The van der Waals surface area contributed by atoms with E-state index in [4.69, 9.17) is 9.47 Å². The molecule has 3 amide bonds. The lowest BCUT2D eigenvalue weighted by atomic mass is 10.00. The molecule has 2 aromatic rings. The molecule has 1 heterocycles. The van der Waals surface area contributed by atoms with E-state index in [0.717, 1.165) is 5.56 Å². The Morgan fingerprint density at radius 2 is 1.90 bits per heavy atom. The first kappa shape index (κ1) is 22.3. The zero-order valence-corrected chi connectivity index (χ0v) is 17.7. The first-order valence-corrected chi connectivity index (χ1v) is 10.2. The van der Waals surface area contributed by atoms with Crippen LogP contribution in [0.5, 0.6) is 0 Å². The Hall–Kier alpha value is -3.39. The van der Waals surface area contributed by atoms with Crippen molar-refractivity contribution in [1.82, 2.24) is 10.2 Å². The molecule has 2 atom stereocenters. The Bertz CT molecular complexity index is 918. The van der Waals surface area contributed by atoms with Crippen LogP contribution in [0.3, 0.4) is 0 Å². The number of nitrogens with zero attached hydrogens (tertiary/aromatic N) is 1.